The van der Waals surface area contributed by atoms with Crippen molar-refractivity contribution >= 4 is 28.1 Å². The first-order valence-electron chi connectivity index (χ1n) is 6.46. The summed E-state index contributed by atoms with van der Waals surface area (Å²) in [4.78, 5) is 36.5. The molecule has 3 N–H and O–H groups in total. The van der Waals surface area contributed by atoms with Crippen molar-refractivity contribution in [1.82, 2.24) is 19.8 Å². The first-order valence-corrected chi connectivity index (χ1v) is 7.86. The number of likely N-dealkylation sites (tertiary alicyclic amines) is 1. The smallest absolute Gasteiger partial charge is 0.354 e. The lowest BCUT2D eigenvalue weighted by atomic mass is 10.0. The van der Waals surface area contributed by atoms with E-state index in [-0.39, 0.29) is 18.9 Å². The molecule has 0 unspecified atom stereocenters. The fourth-order valence-corrected chi connectivity index (χ4v) is 3.91. The fraction of sp³-hybridized carbons (Fsp3) is 0.700. The topological polar surface area (TPSA) is 136 Å². The average Bonchev–Trinajstić information content (AvgIpc) is 2.92. The molecule has 3 heterocycles. The summed E-state index contributed by atoms with van der Waals surface area (Å²) < 4.78 is 31.5. The first kappa shape index (κ1) is 14.1. The summed E-state index contributed by atoms with van der Waals surface area (Å²) >= 11 is 0. The van der Waals surface area contributed by atoms with E-state index in [2.05, 4.69) is 10.6 Å². The number of hydrogen-bond acceptors (Lipinski definition) is 5. The molecule has 3 rings (SSSR count). The Morgan fingerprint density at radius 1 is 1.33 bits per heavy atom. The summed E-state index contributed by atoms with van der Waals surface area (Å²) in [5, 5.41) is 5.10. The van der Waals surface area contributed by atoms with Crippen LogP contribution in [0.15, 0.2) is 0 Å². The fourth-order valence-electron chi connectivity index (χ4n) is 3.01. The van der Waals surface area contributed by atoms with Crippen LogP contribution < -0.4 is 10.6 Å². The number of carbonyl (C=O) groups is 3. The highest BCUT2D eigenvalue weighted by Gasteiger charge is 2.60. The zero-order valence-corrected chi connectivity index (χ0v) is 11.7. The number of nitrogens with one attached hydrogen (secondary N) is 2. The number of nitrogens with zero attached hydrogens (tertiary/aromatic N) is 2. The number of rotatable bonds is 2. The van der Waals surface area contributed by atoms with Crippen molar-refractivity contribution in [3.05, 3.63) is 0 Å². The van der Waals surface area contributed by atoms with Crippen LogP contribution in [0.5, 0.6) is 0 Å². The van der Waals surface area contributed by atoms with E-state index in [0.29, 0.717) is 17.3 Å². The molecule has 116 valence electrons. The van der Waals surface area contributed by atoms with Gasteiger partial charge in [0.25, 0.3) is 5.91 Å². The van der Waals surface area contributed by atoms with Gasteiger partial charge in [-0.1, -0.05) is 0 Å². The van der Waals surface area contributed by atoms with Gasteiger partial charge in [0, 0.05) is 13.1 Å². The maximum absolute atomic E-state index is 12.1. The SMILES string of the molecule is O=C1NCC[C@@H]1NC(=O)N1CC[C@@H]2[C@H]1C(=O)N2S(=O)(=O)O. The van der Waals surface area contributed by atoms with Crippen molar-refractivity contribution in [1.29, 1.82) is 0 Å². The molecule has 0 aliphatic carbocycles. The average molecular weight is 318 g/mol. The maximum Gasteiger partial charge on any atom is 0.362 e. The van der Waals surface area contributed by atoms with Crippen LogP contribution in [0.2, 0.25) is 0 Å². The monoisotopic (exact) mass is 318 g/mol. The van der Waals surface area contributed by atoms with Crippen LogP contribution in [0.3, 0.4) is 0 Å². The van der Waals surface area contributed by atoms with Crippen molar-refractivity contribution in [3.8, 4) is 0 Å². The molecule has 0 saturated carbocycles. The number of hydrogen-bond donors (Lipinski definition) is 3. The second kappa shape index (κ2) is 4.56. The van der Waals surface area contributed by atoms with Crippen LogP contribution in [0, 0.1) is 0 Å². The molecule has 11 heteroatoms. The molecule has 4 amide bonds. The van der Waals surface area contributed by atoms with Gasteiger partial charge in [0.2, 0.25) is 5.91 Å². The molecule has 0 spiro atoms. The van der Waals surface area contributed by atoms with Gasteiger partial charge < -0.3 is 15.5 Å². The molecule has 0 bridgehead atoms. The third kappa shape index (κ3) is 2.12. The van der Waals surface area contributed by atoms with Gasteiger partial charge in [-0.25, -0.2) is 9.10 Å². The first-order chi connectivity index (χ1) is 9.80. The highest BCUT2D eigenvalue weighted by molar-refractivity contribution is 7.84. The predicted octanol–water partition coefficient (Wildman–Crippen LogP) is -2.33. The molecule has 3 aliphatic rings. The highest BCUT2D eigenvalue weighted by atomic mass is 32.2. The third-order valence-electron chi connectivity index (χ3n) is 3.99. The number of β-lactam (4-membered cyclic amide) rings is 1. The summed E-state index contributed by atoms with van der Waals surface area (Å²) in [6.07, 6.45) is 0.734. The molecule has 21 heavy (non-hydrogen) atoms. The summed E-state index contributed by atoms with van der Waals surface area (Å²) in [7, 11) is -4.59. The Labute approximate surface area is 120 Å². The molecule has 0 aromatic carbocycles. The van der Waals surface area contributed by atoms with Crippen LogP contribution in [-0.4, -0.2) is 71.2 Å². The Hall–Kier alpha value is -1.88. The standard InChI is InChI=1S/C10H14N4O6S/c15-8-5(1-3-11-8)12-10(17)13-4-2-6-7(13)9(16)14(6)21(18,19)20/h5-7H,1-4H2,(H,11,15)(H,12,17)(H,18,19,20)/t5-,6+,7-/m0/s1. The summed E-state index contributed by atoms with van der Waals surface area (Å²) in [6, 6.07) is -2.83. The van der Waals surface area contributed by atoms with Crippen LogP contribution in [-0.2, 0) is 19.9 Å². The van der Waals surface area contributed by atoms with Crippen molar-refractivity contribution in [3.63, 3.8) is 0 Å². The largest absolute Gasteiger partial charge is 0.362 e. The summed E-state index contributed by atoms with van der Waals surface area (Å²) in [5.41, 5.74) is 0. The van der Waals surface area contributed by atoms with E-state index in [1.807, 2.05) is 0 Å². The molecule has 3 saturated heterocycles. The Kier molecular flexibility index (Phi) is 3.06. The van der Waals surface area contributed by atoms with E-state index in [1.165, 1.54) is 4.90 Å². The second-order valence-electron chi connectivity index (χ2n) is 5.19. The Morgan fingerprint density at radius 3 is 2.62 bits per heavy atom. The zero-order valence-electron chi connectivity index (χ0n) is 10.9. The highest BCUT2D eigenvalue weighted by Crippen LogP contribution is 2.35. The quantitative estimate of drug-likeness (QED) is 0.386. The van der Waals surface area contributed by atoms with E-state index < -0.39 is 40.4 Å². The Morgan fingerprint density at radius 2 is 2.05 bits per heavy atom. The van der Waals surface area contributed by atoms with E-state index in [1.54, 1.807) is 0 Å². The minimum Gasteiger partial charge on any atom is -0.354 e. The van der Waals surface area contributed by atoms with Crippen LogP contribution in [0.4, 0.5) is 4.79 Å². The van der Waals surface area contributed by atoms with E-state index >= 15 is 0 Å². The van der Waals surface area contributed by atoms with E-state index in [9.17, 15) is 22.8 Å². The molecule has 3 fully saturated rings. The lowest BCUT2D eigenvalue weighted by Crippen LogP contribution is -2.69. The molecule has 10 nitrogen and oxygen atoms in total. The van der Waals surface area contributed by atoms with Gasteiger partial charge >= 0.3 is 16.3 Å². The van der Waals surface area contributed by atoms with Crippen LogP contribution in [0.1, 0.15) is 12.8 Å². The third-order valence-corrected chi connectivity index (χ3v) is 4.94. The van der Waals surface area contributed by atoms with Gasteiger partial charge in [0.15, 0.2) is 0 Å². The molecule has 3 aliphatic heterocycles. The minimum atomic E-state index is -4.59. The van der Waals surface area contributed by atoms with Gasteiger partial charge in [0.05, 0.1) is 6.04 Å². The number of carbonyl (C=O) groups excluding carboxylic acids is 3. The minimum absolute atomic E-state index is 0.188. The second-order valence-corrected chi connectivity index (χ2v) is 6.48. The Balaban J connectivity index is 1.68. The van der Waals surface area contributed by atoms with Gasteiger partial charge in [-0.05, 0) is 12.8 Å². The van der Waals surface area contributed by atoms with Crippen molar-refractivity contribution in [2.24, 2.45) is 0 Å². The van der Waals surface area contributed by atoms with Gasteiger partial charge in [-0.2, -0.15) is 8.42 Å². The molecule has 3 atom stereocenters. The lowest BCUT2D eigenvalue weighted by molar-refractivity contribution is -0.143. The maximum atomic E-state index is 12.1. The summed E-state index contributed by atoms with van der Waals surface area (Å²) in [5.74, 6) is -1.11. The van der Waals surface area contributed by atoms with Crippen molar-refractivity contribution in [2.45, 2.75) is 31.0 Å². The molecule has 0 aromatic rings. The van der Waals surface area contributed by atoms with Gasteiger partial charge in [0.1, 0.15) is 12.1 Å². The van der Waals surface area contributed by atoms with E-state index in [0.717, 1.165) is 0 Å². The molecule has 0 aromatic heterocycles. The number of urea groups is 1. The molecular weight excluding hydrogens is 304 g/mol. The normalized spacial score (nSPS) is 31.8. The molecule has 0 radical (unpaired) electrons. The molecular formula is C10H14N4O6S. The van der Waals surface area contributed by atoms with Gasteiger partial charge in [-0.15, -0.1) is 0 Å². The van der Waals surface area contributed by atoms with Crippen molar-refractivity contribution in [2.75, 3.05) is 13.1 Å². The number of fused-ring (bicyclic) bond motifs is 1. The predicted molar refractivity (Wildman–Crippen MR) is 67.2 cm³/mol. The number of amides is 4. The van der Waals surface area contributed by atoms with Gasteiger partial charge in [-0.3, -0.25) is 14.1 Å². The Bertz CT molecular complexity index is 619. The zero-order chi connectivity index (χ0) is 15.4. The van der Waals surface area contributed by atoms with E-state index in [4.69, 9.17) is 4.55 Å². The lowest BCUT2D eigenvalue weighted by Gasteiger charge is -2.42. The van der Waals surface area contributed by atoms with Crippen LogP contribution >= 0.6 is 0 Å². The summed E-state index contributed by atoms with van der Waals surface area (Å²) in [6.45, 7) is 0.665. The van der Waals surface area contributed by atoms with Crippen LogP contribution in [0.25, 0.3) is 0 Å². The van der Waals surface area contributed by atoms with Crippen molar-refractivity contribution < 1.29 is 27.4 Å².